The molecule has 0 bridgehead atoms. The third-order valence-electron chi connectivity index (χ3n) is 4.42. The summed E-state index contributed by atoms with van der Waals surface area (Å²) in [4.78, 5) is 24.4. The Morgan fingerprint density at radius 1 is 1.19 bits per heavy atom. The van der Waals surface area contributed by atoms with Crippen molar-refractivity contribution in [2.75, 3.05) is 13.1 Å². The van der Waals surface area contributed by atoms with Gasteiger partial charge in [-0.25, -0.2) is 4.68 Å². The van der Waals surface area contributed by atoms with Crippen LogP contribution in [-0.2, 0) is 16.0 Å². The summed E-state index contributed by atoms with van der Waals surface area (Å²) in [6, 6.07) is 9.15. The van der Waals surface area contributed by atoms with Crippen molar-refractivity contribution in [3.63, 3.8) is 0 Å². The lowest BCUT2D eigenvalue weighted by molar-refractivity contribution is -0.188. The summed E-state index contributed by atoms with van der Waals surface area (Å²) in [7, 11) is 0. The van der Waals surface area contributed by atoms with E-state index in [4.69, 9.17) is 5.11 Å². The Bertz CT molecular complexity index is 804. The number of hydrogen-bond donors (Lipinski definition) is 1. The van der Waals surface area contributed by atoms with Crippen molar-refractivity contribution in [3.05, 3.63) is 48.3 Å². The number of carbonyl (C=O) groups is 2. The number of aliphatic carboxylic acids is 1. The van der Waals surface area contributed by atoms with E-state index in [1.54, 1.807) is 10.9 Å². The monoisotopic (exact) mass is 367 g/mol. The number of halogens is 3. The number of alkyl halides is 3. The molecule has 0 radical (unpaired) electrons. The molecule has 1 fully saturated rings. The summed E-state index contributed by atoms with van der Waals surface area (Å²) in [5.41, 5.74) is 1.33. The zero-order valence-corrected chi connectivity index (χ0v) is 13.6. The average molecular weight is 367 g/mol. The number of carbonyl (C=O) groups excluding carboxylic acids is 1. The van der Waals surface area contributed by atoms with Gasteiger partial charge in [0.05, 0.1) is 30.1 Å². The van der Waals surface area contributed by atoms with E-state index in [1.165, 1.54) is 6.20 Å². The van der Waals surface area contributed by atoms with Gasteiger partial charge in [0.15, 0.2) is 0 Å². The lowest BCUT2D eigenvalue weighted by Crippen LogP contribution is -2.34. The Morgan fingerprint density at radius 2 is 1.88 bits per heavy atom. The third-order valence-corrected chi connectivity index (χ3v) is 4.42. The zero-order chi connectivity index (χ0) is 18.9. The zero-order valence-electron chi connectivity index (χ0n) is 13.6. The Morgan fingerprint density at radius 3 is 2.46 bits per heavy atom. The van der Waals surface area contributed by atoms with Gasteiger partial charge in [-0.1, -0.05) is 18.2 Å². The Labute approximate surface area is 146 Å². The van der Waals surface area contributed by atoms with E-state index >= 15 is 0 Å². The Balaban J connectivity index is 1.69. The summed E-state index contributed by atoms with van der Waals surface area (Å²) in [6.07, 6.45) is -1.70. The van der Waals surface area contributed by atoms with Gasteiger partial charge in [-0.2, -0.15) is 18.3 Å². The van der Waals surface area contributed by atoms with Gasteiger partial charge >= 0.3 is 12.1 Å². The minimum atomic E-state index is -4.66. The first-order valence-electron chi connectivity index (χ1n) is 7.92. The van der Waals surface area contributed by atoms with Crippen LogP contribution >= 0.6 is 0 Å². The fourth-order valence-corrected chi connectivity index (χ4v) is 3.05. The predicted octanol–water partition coefficient (Wildman–Crippen LogP) is 2.14. The number of aromatic nitrogens is 2. The van der Waals surface area contributed by atoms with E-state index in [0.29, 0.717) is 5.56 Å². The highest BCUT2D eigenvalue weighted by Gasteiger charge is 2.53. The number of para-hydroxylation sites is 1. The van der Waals surface area contributed by atoms with Crippen molar-refractivity contribution in [3.8, 4) is 5.69 Å². The van der Waals surface area contributed by atoms with E-state index < -0.39 is 43.0 Å². The van der Waals surface area contributed by atoms with E-state index in [9.17, 15) is 22.8 Å². The molecule has 2 atom stereocenters. The molecular formula is C17H16F3N3O3. The SMILES string of the molecule is O=C(O)[C@@H]1CN(C(=O)Cc2cnn(-c3ccccc3)c2)C[C@H]1C(F)(F)F. The van der Waals surface area contributed by atoms with Crippen molar-refractivity contribution >= 4 is 11.9 Å². The standard InChI is InChI=1S/C17H16F3N3O3/c18-17(19,20)14-10-22(9-13(14)16(25)26)15(24)6-11-7-21-23(8-11)12-4-2-1-3-5-12/h1-5,7-8,13-14H,6,9-10H2,(H,25,26)/t13-,14-/m1/s1. The summed E-state index contributed by atoms with van der Waals surface area (Å²) in [5.74, 6) is -5.77. The summed E-state index contributed by atoms with van der Waals surface area (Å²) in [5, 5.41) is 13.1. The first-order valence-corrected chi connectivity index (χ1v) is 7.92. The van der Waals surface area contributed by atoms with Gasteiger partial charge in [-0.3, -0.25) is 9.59 Å². The van der Waals surface area contributed by atoms with Crippen LogP contribution in [0.5, 0.6) is 0 Å². The van der Waals surface area contributed by atoms with Crippen LogP contribution in [0, 0.1) is 11.8 Å². The molecule has 1 aliphatic rings. The highest BCUT2D eigenvalue weighted by molar-refractivity contribution is 5.81. The Hall–Kier alpha value is -2.84. The molecule has 9 heteroatoms. The molecule has 3 rings (SSSR count). The highest BCUT2D eigenvalue weighted by Crippen LogP contribution is 2.37. The maximum Gasteiger partial charge on any atom is 0.394 e. The molecule has 2 heterocycles. The molecule has 1 aromatic carbocycles. The van der Waals surface area contributed by atoms with Gasteiger partial charge in [0.2, 0.25) is 5.91 Å². The second-order valence-corrected chi connectivity index (χ2v) is 6.20. The molecule has 0 aliphatic carbocycles. The van der Waals surface area contributed by atoms with Crippen molar-refractivity contribution in [1.82, 2.24) is 14.7 Å². The largest absolute Gasteiger partial charge is 0.481 e. The number of carboxylic acids is 1. The van der Waals surface area contributed by atoms with Crippen LogP contribution in [0.3, 0.4) is 0 Å². The van der Waals surface area contributed by atoms with Gasteiger partial charge in [-0.15, -0.1) is 0 Å². The van der Waals surface area contributed by atoms with E-state index in [-0.39, 0.29) is 6.42 Å². The van der Waals surface area contributed by atoms with Crippen LogP contribution in [-0.4, -0.2) is 50.9 Å². The van der Waals surface area contributed by atoms with Gasteiger partial charge in [0.1, 0.15) is 0 Å². The molecule has 0 saturated carbocycles. The van der Waals surface area contributed by atoms with Crippen LogP contribution in [0.15, 0.2) is 42.7 Å². The lowest BCUT2D eigenvalue weighted by Gasteiger charge is -2.18. The topological polar surface area (TPSA) is 75.4 Å². The number of benzene rings is 1. The van der Waals surface area contributed by atoms with Crippen LogP contribution in [0.1, 0.15) is 5.56 Å². The quantitative estimate of drug-likeness (QED) is 0.898. The Kier molecular flexibility index (Phi) is 4.71. The second-order valence-electron chi connectivity index (χ2n) is 6.20. The van der Waals surface area contributed by atoms with Crippen molar-refractivity contribution in [1.29, 1.82) is 0 Å². The normalized spacial score (nSPS) is 20.3. The number of likely N-dealkylation sites (tertiary alicyclic amines) is 1. The van der Waals surface area contributed by atoms with Crippen LogP contribution in [0.4, 0.5) is 13.2 Å². The molecule has 1 saturated heterocycles. The summed E-state index contributed by atoms with van der Waals surface area (Å²) in [6.45, 7) is -1.07. The molecular weight excluding hydrogens is 351 g/mol. The molecule has 6 nitrogen and oxygen atoms in total. The molecule has 2 aromatic rings. The maximum absolute atomic E-state index is 13.0. The fourth-order valence-electron chi connectivity index (χ4n) is 3.05. The fraction of sp³-hybridized carbons (Fsp3) is 0.353. The maximum atomic E-state index is 13.0. The first kappa shape index (κ1) is 18.0. The summed E-state index contributed by atoms with van der Waals surface area (Å²) < 4.78 is 40.6. The number of rotatable bonds is 4. The predicted molar refractivity (Wildman–Crippen MR) is 84.5 cm³/mol. The van der Waals surface area contributed by atoms with Crippen molar-refractivity contribution < 1.29 is 27.9 Å². The van der Waals surface area contributed by atoms with Gasteiger partial charge in [-0.05, 0) is 17.7 Å². The second kappa shape index (κ2) is 6.81. The van der Waals surface area contributed by atoms with Crippen LogP contribution in [0.25, 0.3) is 5.69 Å². The van der Waals surface area contributed by atoms with Crippen LogP contribution < -0.4 is 0 Å². The first-order chi connectivity index (χ1) is 12.3. The van der Waals surface area contributed by atoms with Crippen molar-refractivity contribution in [2.24, 2.45) is 11.8 Å². The number of amides is 1. The third kappa shape index (κ3) is 3.71. The molecule has 0 spiro atoms. The molecule has 0 unspecified atom stereocenters. The van der Waals surface area contributed by atoms with Crippen LogP contribution in [0.2, 0.25) is 0 Å². The number of hydrogen-bond acceptors (Lipinski definition) is 3. The molecule has 1 aliphatic heterocycles. The lowest BCUT2D eigenvalue weighted by atomic mass is 9.96. The molecule has 1 N–H and O–H groups in total. The highest BCUT2D eigenvalue weighted by atomic mass is 19.4. The minimum absolute atomic E-state index is 0.135. The smallest absolute Gasteiger partial charge is 0.394 e. The number of carboxylic acid groups (broad SMARTS) is 1. The molecule has 1 aromatic heterocycles. The minimum Gasteiger partial charge on any atom is -0.481 e. The average Bonchev–Trinajstić information content (AvgIpc) is 3.22. The van der Waals surface area contributed by atoms with Gasteiger partial charge in [0.25, 0.3) is 0 Å². The molecule has 1 amide bonds. The van der Waals surface area contributed by atoms with E-state index in [0.717, 1.165) is 10.6 Å². The van der Waals surface area contributed by atoms with Gasteiger partial charge < -0.3 is 10.0 Å². The van der Waals surface area contributed by atoms with Gasteiger partial charge in [0, 0.05) is 19.3 Å². The van der Waals surface area contributed by atoms with E-state index in [1.807, 2.05) is 30.3 Å². The van der Waals surface area contributed by atoms with E-state index in [2.05, 4.69) is 5.10 Å². The van der Waals surface area contributed by atoms with Crippen molar-refractivity contribution in [2.45, 2.75) is 12.6 Å². The summed E-state index contributed by atoms with van der Waals surface area (Å²) >= 11 is 0. The molecule has 26 heavy (non-hydrogen) atoms. The molecule has 138 valence electrons. The number of nitrogens with zero attached hydrogens (tertiary/aromatic N) is 3.